The average molecular weight is 433 g/mol. The Balaban J connectivity index is 1.71. The topological polar surface area (TPSA) is 92.7 Å². The minimum atomic E-state index is -3.21. The first kappa shape index (κ1) is 22.0. The second-order valence-electron chi connectivity index (χ2n) is 8.50. The highest BCUT2D eigenvalue weighted by molar-refractivity contribution is 7.90. The van der Waals surface area contributed by atoms with Gasteiger partial charge in [0.1, 0.15) is 5.60 Å². The van der Waals surface area contributed by atoms with Gasteiger partial charge in [-0.25, -0.2) is 23.2 Å². The SMILES string of the molecule is CC1CN(c2ccc(S(C)(=O)=O)cc2)CCN1c1nccc(C(=O)OC(C)(C)C)n1. The molecule has 1 atom stereocenters. The molecule has 3 rings (SSSR count). The maximum atomic E-state index is 12.3. The van der Waals surface area contributed by atoms with E-state index in [0.29, 0.717) is 17.4 Å². The van der Waals surface area contributed by atoms with Gasteiger partial charge in [0.2, 0.25) is 5.95 Å². The van der Waals surface area contributed by atoms with E-state index >= 15 is 0 Å². The third kappa shape index (κ3) is 5.27. The van der Waals surface area contributed by atoms with Crippen LogP contribution in [0.4, 0.5) is 11.6 Å². The van der Waals surface area contributed by atoms with E-state index in [1.807, 2.05) is 32.9 Å². The first-order valence-corrected chi connectivity index (χ1v) is 11.7. The van der Waals surface area contributed by atoms with Crippen molar-refractivity contribution in [1.82, 2.24) is 9.97 Å². The van der Waals surface area contributed by atoms with E-state index in [2.05, 4.69) is 26.7 Å². The van der Waals surface area contributed by atoms with Gasteiger partial charge in [-0.3, -0.25) is 0 Å². The fraction of sp³-hybridized carbons (Fsp3) is 0.476. The van der Waals surface area contributed by atoms with Gasteiger partial charge in [-0.2, -0.15) is 0 Å². The van der Waals surface area contributed by atoms with Crippen LogP contribution in [0.5, 0.6) is 0 Å². The predicted octanol–water partition coefficient (Wildman–Crippen LogP) is 2.55. The Morgan fingerprint density at radius 3 is 2.37 bits per heavy atom. The first-order chi connectivity index (χ1) is 13.9. The summed E-state index contributed by atoms with van der Waals surface area (Å²) in [4.78, 5) is 25.7. The van der Waals surface area contributed by atoms with Crippen LogP contribution in [0.2, 0.25) is 0 Å². The maximum Gasteiger partial charge on any atom is 0.357 e. The van der Waals surface area contributed by atoms with Crippen molar-refractivity contribution in [2.24, 2.45) is 0 Å². The van der Waals surface area contributed by atoms with E-state index in [9.17, 15) is 13.2 Å². The van der Waals surface area contributed by atoms with Gasteiger partial charge < -0.3 is 14.5 Å². The van der Waals surface area contributed by atoms with Crippen LogP contribution in [0.1, 0.15) is 38.2 Å². The monoisotopic (exact) mass is 432 g/mol. The van der Waals surface area contributed by atoms with E-state index in [-0.39, 0.29) is 11.7 Å². The van der Waals surface area contributed by atoms with Gasteiger partial charge in [0.25, 0.3) is 0 Å². The number of hydrogen-bond donors (Lipinski definition) is 0. The van der Waals surface area contributed by atoms with Crippen molar-refractivity contribution in [3.8, 4) is 0 Å². The van der Waals surface area contributed by atoms with Crippen LogP contribution in [0.3, 0.4) is 0 Å². The Bertz CT molecular complexity index is 1020. The molecule has 162 valence electrons. The molecular weight excluding hydrogens is 404 g/mol. The fourth-order valence-corrected chi connectivity index (χ4v) is 3.95. The summed E-state index contributed by atoms with van der Waals surface area (Å²) in [5.74, 6) is 0.0290. The van der Waals surface area contributed by atoms with Gasteiger partial charge in [0.15, 0.2) is 15.5 Å². The number of piperazine rings is 1. The molecule has 2 aromatic rings. The number of rotatable bonds is 4. The quantitative estimate of drug-likeness (QED) is 0.681. The summed E-state index contributed by atoms with van der Waals surface area (Å²) >= 11 is 0. The molecule has 0 N–H and O–H groups in total. The summed E-state index contributed by atoms with van der Waals surface area (Å²) in [5, 5.41) is 0. The lowest BCUT2D eigenvalue weighted by atomic mass is 10.1. The zero-order valence-corrected chi connectivity index (χ0v) is 18.8. The molecule has 0 spiro atoms. The summed E-state index contributed by atoms with van der Waals surface area (Å²) in [6.45, 7) is 9.64. The number of anilines is 2. The van der Waals surface area contributed by atoms with Crippen molar-refractivity contribution < 1.29 is 17.9 Å². The third-order valence-electron chi connectivity index (χ3n) is 4.77. The van der Waals surface area contributed by atoms with Crippen LogP contribution in [0.15, 0.2) is 41.4 Å². The van der Waals surface area contributed by atoms with Crippen LogP contribution in [-0.2, 0) is 14.6 Å². The second kappa shape index (κ2) is 8.22. The number of nitrogens with zero attached hydrogens (tertiary/aromatic N) is 4. The lowest BCUT2D eigenvalue weighted by molar-refractivity contribution is 0.00626. The number of hydrogen-bond acceptors (Lipinski definition) is 8. The Labute approximate surface area is 177 Å². The smallest absolute Gasteiger partial charge is 0.357 e. The number of aromatic nitrogens is 2. The standard InChI is InChI=1S/C21H28N4O4S/c1-15-14-24(16-6-8-17(9-7-16)30(5,27)28)12-13-25(15)20-22-11-10-18(23-20)19(26)29-21(2,3)4/h6-11,15H,12-14H2,1-5H3. The highest BCUT2D eigenvalue weighted by atomic mass is 32.2. The maximum absolute atomic E-state index is 12.3. The largest absolute Gasteiger partial charge is 0.455 e. The van der Waals surface area contributed by atoms with E-state index < -0.39 is 21.4 Å². The van der Waals surface area contributed by atoms with Gasteiger partial charge in [-0.05, 0) is 58.0 Å². The van der Waals surface area contributed by atoms with Crippen molar-refractivity contribution in [3.63, 3.8) is 0 Å². The van der Waals surface area contributed by atoms with E-state index in [1.165, 1.54) is 6.26 Å². The van der Waals surface area contributed by atoms with Crippen molar-refractivity contribution in [3.05, 3.63) is 42.2 Å². The minimum absolute atomic E-state index is 0.0993. The van der Waals surface area contributed by atoms with Crippen LogP contribution >= 0.6 is 0 Å². The molecule has 0 saturated carbocycles. The summed E-state index contributed by atoms with van der Waals surface area (Å²) < 4.78 is 28.7. The Kier molecular flexibility index (Phi) is 6.03. The molecule has 1 aliphatic heterocycles. The molecule has 1 fully saturated rings. The zero-order valence-electron chi connectivity index (χ0n) is 18.0. The van der Waals surface area contributed by atoms with E-state index in [1.54, 1.807) is 24.4 Å². The zero-order chi connectivity index (χ0) is 22.1. The molecular formula is C21H28N4O4S. The molecule has 1 saturated heterocycles. The van der Waals surface area contributed by atoms with Gasteiger partial charge in [0.05, 0.1) is 4.90 Å². The van der Waals surface area contributed by atoms with Crippen LogP contribution in [0, 0.1) is 0 Å². The molecule has 1 aromatic heterocycles. The molecule has 0 bridgehead atoms. The fourth-order valence-electron chi connectivity index (χ4n) is 3.32. The van der Waals surface area contributed by atoms with Crippen molar-refractivity contribution in [2.45, 2.75) is 44.2 Å². The van der Waals surface area contributed by atoms with Gasteiger partial charge in [0, 0.05) is 43.8 Å². The molecule has 30 heavy (non-hydrogen) atoms. The summed E-state index contributed by atoms with van der Waals surface area (Å²) in [7, 11) is -3.21. The molecule has 0 amide bonds. The van der Waals surface area contributed by atoms with Crippen LogP contribution < -0.4 is 9.80 Å². The molecule has 2 heterocycles. The van der Waals surface area contributed by atoms with E-state index in [4.69, 9.17) is 4.74 Å². The number of esters is 1. The summed E-state index contributed by atoms with van der Waals surface area (Å²) in [5.41, 5.74) is 0.617. The van der Waals surface area contributed by atoms with Crippen molar-refractivity contribution in [2.75, 3.05) is 35.7 Å². The first-order valence-electron chi connectivity index (χ1n) is 9.82. The lowest BCUT2D eigenvalue weighted by Gasteiger charge is -2.41. The molecule has 1 unspecified atom stereocenters. The number of sulfone groups is 1. The highest BCUT2D eigenvalue weighted by Crippen LogP contribution is 2.23. The Morgan fingerprint density at radius 2 is 1.80 bits per heavy atom. The third-order valence-corrected chi connectivity index (χ3v) is 5.89. The molecule has 0 radical (unpaired) electrons. The molecule has 9 heteroatoms. The number of benzene rings is 1. The molecule has 1 aromatic carbocycles. The van der Waals surface area contributed by atoms with Crippen LogP contribution in [0.25, 0.3) is 0 Å². The van der Waals surface area contributed by atoms with Crippen molar-refractivity contribution >= 4 is 27.4 Å². The van der Waals surface area contributed by atoms with E-state index in [0.717, 1.165) is 18.8 Å². The van der Waals surface area contributed by atoms with Gasteiger partial charge in [-0.1, -0.05) is 0 Å². The number of carbonyl (C=O) groups excluding carboxylic acids is 1. The van der Waals surface area contributed by atoms with Gasteiger partial charge >= 0.3 is 5.97 Å². The summed E-state index contributed by atoms with van der Waals surface area (Å²) in [6.07, 6.45) is 2.78. The predicted molar refractivity (Wildman–Crippen MR) is 116 cm³/mol. The highest BCUT2D eigenvalue weighted by Gasteiger charge is 2.27. The molecule has 0 aliphatic carbocycles. The normalized spacial score (nSPS) is 17.7. The Hall–Kier alpha value is -2.68. The minimum Gasteiger partial charge on any atom is -0.455 e. The number of ether oxygens (including phenoxy) is 1. The Morgan fingerprint density at radius 1 is 1.13 bits per heavy atom. The number of carbonyl (C=O) groups is 1. The average Bonchev–Trinajstić information content (AvgIpc) is 2.66. The van der Waals surface area contributed by atoms with Crippen LogP contribution in [-0.4, -0.2) is 61.9 Å². The second-order valence-corrected chi connectivity index (χ2v) is 10.5. The van der Waals surface area contributed by atoms with Crippen molar-refractivity contribution in [1.29, 1.82) is 0 Å². The summed E-state index contributed by atoms with van der Waals surface area (Å²) in [6, 6.07) is 8.59. The van der Waals surface area contributed by atoms with Gasteiger partial charge in [-0.15, -0.1) is 0 Å². The lowest BCUT2D eigenvalue weighted by Crippen LogP contribution is -2.52. The molecule has 1 aliphatic rings. The molecule has 8 nitrogen and oxygen atoms in total.